The molecule has 1 heterocycles. The van der Waals surface area contributed by atoms with E-state index in [1.165, 1.54) is 6.92 Å². The molecular weight excluding hydrogens is 313 g/mol. The third kappa shape index (κ3) is 3.08. The predicted molar refractivity (Wildman–Crippen MR) is 57.3 cm³/mol. The third-order valence-electron chi connectivity index (χ3n) is 2.17. The molecule has 19 heavy (non-hydrogen) atoms. The molecule has 6 nitrogen and oxygen atoms in total. The molecule has 0 radical (unpaired) electrons. The van der Waals surface area contributed by atoms with Gasteiger partial charge in [-0.3, -0.25) is 0 Å². The Labute approximate surface area is 107 Å². The summed E-state index contributed by atoms with van der Waals surface area (Å²) in [7, 11) is -9.53. The molecule has 0 spiro atoms. The number of allylic oxidation sites excluding steroid dienone is 1. The molecule has 0 aromatic heterocycles. The van der Waals surface area contributed by atoms with Gasteiger partial charge in [-0.25, -0.2) is 21.6 Å². The van der Waals surface area contributed by atoms with E-state index < -0.39 is 53.1 Å². The number of halogens is 3. The lowest BCUT2D eigenvalue weighted by atomic mass is 10.4. The van der Waals surface area contributed by atoms with Crippen LogP contribution in [0.25, 0.3) is 0 Å². The Morgan fingerprint density at radius 2 is 1.63 bits per heavy atom. The molecule has 0 saturated heterocycles. The Bertz CT molecular complexity index is 626. The summed E-state index contributed by atoms with van der Waals surface area (Å²) in [6.07, 6.45) is -5.48. The number of carbonyl (C=O) groups excluding carboxylic acids is 1. The Balaban J connectivity index is 3.74. The minimum atomic E-state index is -5.48. The highest BCUT2D eigenvalue weighted by Crippen LogP contribution is 2.38. The maximum atomic E-state index is 12.7. The average molecular weight is 322 g/mol. The summed E-state index contributed by atoms with van der Waals surface area (Å²) in [6.45, 7) is 0.860. The third-order valence-corrected chi connectivity index (χ3v) is 6.09. The second-order valence-electron chi connectivity index (χ2n) is 3.51. The van der Waals surface area contributed by atoms with Crippen molar-refractivity contribution in [2.24, 2.45) is 0 Å². The van der Waals surface area contributed by atoms with Gasteiger partial charge in [-0.2, -0.15) is 13.2 Å². The van der Waals surface area contributed by atoms with Crippen molar-refractivity contribution in [3.05, 3.63) is 9.81 Å². The van der Waals surface area contributed by atoms with Gasteiger partial charge in [-0.1, -0.05) is 0 Å². The van der Waals surface area contributed by atoms with Crippen LogP contribution in [0, 0.1) is 0 Å². The van der Waals surface area contributed by atoms with Gasteiger partial charge in [0.2, 0.25) is 0 Å². The standard InChI is InChI=1S/C8H9F3O6S2/c1-2-17-7(12)5-6(8(9,10)11)19(15,16)4-3-18(5,13)14/h2-4H2,1H3. The molecule has 0 bridgehead atoms. The van der Waals surface area contributed by atoms with Crippen LogP contribution in [0.3, 0.4) is 0 Å². The summed E-state index contributed by atoms with van der Waals surface area (Å²) >= 11 is 0. The van der Waals surface area contributed by atoms with Gasteiger partial charge in [0, 0.05) is 0 Å². The van der Waals surface area contributed by atoms with Crippen LogP contribution >= 0.6 is 0 Å². The first-order chi connectivity index (χ1) is 8.43. The molecule has 0 saturated carbocycles. The average Bonchev–Trinajstić information content (AvgIpc) is 2.20. The van der Waals surface area contributed by atoms with E-state index in [1.54, 1.807) is 0 Å². The number of carbonyl (C=O) groups is 1. The van der Waals surface area contributed by atoms with Crippen LogP contribution in [0.1, 0.15) is 6.92 Å². The van der Waals surface area contributed by atoms with E-state index in [-0.39, 0.29) is 6.61 Å². The highest BCUT2D eigenvalue weighted by Gasteiger charge is 2.53. The quantitative estimate of drug-likeness (QED) is 0.673. The number of hydrogen-bond acceptors (Lipinski definition) is 6. The summed E-state index contributed by atoms with van der Waals surface area (Å²) in [5.41, 5.74) is 0. The molecule has 0 aliphatic carbocycles. The highest BCUT2D eigenvalue weighted by molar-refractivity contribution is 8.02. The van der Waals surface area contributed by atoms with Gasteiger partial charge >= 0.3 is 12.1 Å². The molecule has 0 aromatic rings. The highest BCUT2D eigenvalue weighted by atomic mass is 32.2. The van der Waals surface area contributed by atoms with Crippen molar-refractivity contribution >= 4 is 25.6 Å². The number of alkyl halides is 3. The molecular formula is C8H9F3O6S2. The van der Waals surface area contributed by atoms with Gasteiger partial charge in [0.15, 0.2) is 29.5 Å². The topological polar surface area (TPSA) is 94.6 Å². The molecule has 110 valence electrons. The van der Waals surface area contributed by atoms with Crippen molar-refractivity contribution in [3.8, 4) is 0 Å². The Morgan fingerprint density at radius 3 is 2.05 bits per heavy atom. The minimum Gasteiger partial charge on any atom is -0.462 e. The van der Waals surface area contributed by atoms with Crippen LogP contribution in [-0.2, 0) is 29.2 Å². The van der Waals surface area contributed by atoms with Crippen LogP contribution in [0.2, 0.25) is 0 Å². The summed E-state index contributed by atoms with van der Waals surface area (Å²) in [4.78, 5) is 7.17. The van der Waals surface area contributed by atoms with Crippen LogP contribution in [0.15, 0.2) is 9.81 Å². The SMILES string of the molecule is CCOC(=O)C1=C(C(F)(F)F)S(=O)(=O)CCS1(=O)=O. The smallest absolute Gasteiger partial charge is 0.428 e. The molecule has 0 fully saturated rings. The predicted octanol–water partition coefficient (Wildman–Crippen LogP) is 0.167. The second kappa shape index (κ2) is 4.78. The van der Waals surface area contributed by atoms with Crippen LogP contribution in [0.5, 0.6) is 0 Å². The normalized spacial score (nSPS) is 22.1. The van der Waals surface area contributed by atoms with E-state index in [9.17, 15) is 34.8 Å². The molecule has 0 atom stereocenters. The molecule has 11 heteroatoms. The van der Waals surface area contributed by atoms with Gasteiger partial charge in [0.25, 0.3) is 0 Å². The number of hydrogen-bond donors (Lipinski definition) is 0. The summed E-state index contributed by atoms with van der Waals surface area (Å²) in [5.74, 6) is -4.10. The van der Waals surface area contributed by atoms with Crippen molar-refractivity contribution < 1.29 is 39.5 Å². The Morgan fingerprint density at radius 1 is 1.16 bits per heavy atom. The van der Waals surface area contributed by atoms with Crippen molar-refractivity contribution in [2.45, 2.75) is 13.1 Å². The van der Waals surface area contributed by atoms with Crippen LogP contribution in [-0.4, -0.2) is 47.1 Å². The van der Waals surface area contributed by atoms with Gasteiger partial charge in [-0.15, -0.1) is 0 Å². The fourth-order valence-electron chi connectivity index (χ4n) is 1.43. The van der Waals surface area contributed by atoms with E-state index >= 15 is 0 Å². The number of ether oxygens (including phenoxy) is 1. The second-order valence-corrected chi connectivity index (χ2v) is 7.61. The zero-order valence-corrected chi connectivity index (χ0v) is 11.2. The van der Waals surface area contributed by atoms with Crippen LogP contribution < -0.4 is 0 Å². The number of esters is 1. The van der Waals surface area contributed by atoms with Gasteiger partial charge < -0.3 is 4.74 Å². The monoisotopic (exact) mass is 322 g/mol. The van der Waals surface area contributed by atoms with E-state index in [2.05, 4.69) is 4.74 Å². The lowest BCUT2D eigenvalue weighted by Gasteiger charge is -2.21. The van der Waals surface area contributed by atoms with Gasteiger partial charge in [0.1, 0.15) is 0 Å². The zero-order valence-electron chi connectivity index (χ0n) is 9.52. The Hall–Kier alpha value is -1.10. The number of sulfone groups is 2. The first kappa shape index (κ1) is 16.0. The van der Waals surface area contributed by atoms with Crippen molar-refractivity contribution in [2.75, 3.05) is 18.1 Å². The molecule has 0 amide bonds. The first-order valence-electron chi connectivity index (χ1n) is 4.87. The summed E-state index contributed by atoms with van der Waals surface area (Å²) in [5, 5.41) is 0. The maximum Gasteiger partial charge on any atom is 0.428 e. The van der Waals surface area contributed by atoms with Crippen LogP contribution in [0.4, 0.5) is 13.2 Å². The lowest BCUT2D eigenvalue weighted by molar-refractivity contribution is -0.138. The Kier molecular flexibility index (Phi) is 4.01. The number of rotatable bonds is 2. The van der Waals surface area contributed by atoms with E-state index in [4.69, 9.17) is 0 Å². The molecule has 0 unspecified atom stereocenters. The van der Waals surface area contributed by atoms with E-state index in [0.29, 0.717) is 0 Å². The fraction of sp³-hybridized carbons (Fsp3) is 0.625. The molecule has 1 rings (SSSR count). The van der Waals surface area contributed by atoms with Crippen molar-refractivity contribution in [1.82, 2.24) is 0 Å². The molecule has 1 aliphatic rings. The zero-order chi connectivity index (χ0) is 15.1. The van der Waals surface area contributed by atoms with Gasteiger partial charge in [-0.05, 0) is 6.92 Å². The van der Waals surface area contributed by atoms with E-state index in [1.807, 2.05) is 0 Å². The van der Waals surface area contributed by atoms with E-state index in [0.717, 1.165) is 0 Å². The summed E-state index contributed by atoms with van der Waals surface area (Å²) < 4.78 is 88.2. The molecule has 0 aromatic carbocycles. The first-order valence-corrected chi connectivity index (χ1v) is 8.18. The largest absolute Gasteiger partial charge is 0.462 e. The summed E-state index contributed by atoms with van der Waals surface area (Å²) in [6, 6.07) is 0. The minimum absolute atomic E-state index is 0.386. The molecule has 0 N–H and O–H groups in total. The lowest BCUT2D eigenvalue weighted by Crippen LogP contribution is -2.37. The van der Waals surface area contributed by atoms with Crippen molar-refractivity contribution in [1.29, 1.82) is 0 Å². The van der Waals surface area contributed by atoms with Gasteiger partial charge in [0.05, 0.1) is 18.1 Å². The molecule has 1 aliphatic heterocycles. The maximum absolute atomic E-state index is 12.7. The van der Waals surface area contributed by atoms with Crippen molar-refractivity contribution in [3.63, 3.8) is 0 Å². The fourth-order valence-corrected chi connectivity index (χ4v) is 5.78.